The molecule has 0 spiro atoms. The van der Waals surface area contributed by atoms with E-state index < -0.39 is 0 Å². The zero-order chi connectivity index (χ0) is 14.5. The minimum atomic E-state index is 0.509. The molecule has 0 fully saturated rings. The van der Waals surface area contributed by atoms with Crippen molar-refractivity contribution < 1.29 is 4.74 Å². The van der Waals surface area contributed by atoms with Gasteiger partial charge in [0.25, 0.3) is 0 Å². The van der Waals surface area contributed by atoms with E-state index >= 15 is 0 Å². The van der Waals surface area contributed by atoms with Crippen LogP contribution in [-0.4, -0.2) is 12.0 Å². The first kappa shape index (κ1) is 14.4. The van der Waals surface area contributed by atoms with Crippen LogP contribution in [0.5, 0.6) is 5.75 Å². The van der Waals surface area contributed by atoms with Crippen molar-refractivity contribution in [3.8, 4) is 5.75 Å². The first-order valence-electron chi connectivity index (χ1n) is 6.96. The highest BCUT2D eigenvalue weighted by molar-refractivity contribution is 5.39. The quantitative estimate of drug-likeness (QED) is 0.887. The highest BCUT2D eigenvalue weighted by Gasteiger charge is 2.05. The Kier molecular flexibility index (Phi) is 4.61. The molecule has 0 atom stereocenters. The van der Waals surface area contributed by atoms with Gasteiger partial charge < -0.3 is 10.1 Å². The van der Waals surface area contributed by atoms with Crippen LogP contribution < -0.4 is 10.1 Å². The van der Waals surface area contributed by atoms with E-state index in [1.165, 1.54) is 5.56 Å². The average Bonchev–Trinajstić information content (AvgIpc) is 2.46. The fourth-order valence-electron chi connectivity index (χ4n) is 1.99. The van der Waals surface area contributed by atoms with Crippen molar-refractivity contribution in [2.24, 2.45) is 0 Å². The Balaban J connectivity index is 2.11. The fourth-order valence-corrected chi connectivity index (χ4v) is 1.99. The molecular formula is C17H22N2O. The summed E-state index contributed by atoms with van der Waals surface area (Å²) in [7, 11) is 1.86. The van der Waals surface area contributed by atoms with Crippen molar-refractivity contribution in [2.45, 2.75) is 33.3 Å². The van der Waals surface area contributed by atoms with Gasteiger partial charge in [-0.1, -0.05) is 26.0 Å². The van der Waals surface area contributed by atoms with Crippen molar-refractivity contribution in [1.29, 1.82) is 0 Å². The summed E-state index contributed by atoms with van der Waals surface area (Å²) < 4.78 is 5.96. The normalized spacial score (nSPS) is 10.7. The molecule has 1 heterocycles. The van der Waals surface area contributed by atoms with Crippen LogP contribution in [0.4, 0.5) is 5.82 Å². The number of nitrogens with one attached hydrogen (secondary N) is 1. The standard InChI is InChI=1S/C17H22N2O/c1-12(2)15-6-5-13(3)16(10-15)20-11-14-7-8-19-17(9-14)18-4/h5-10,12H,11H2,1-4H3,(H,18,19). The van der Waals surface area contributed by atoms with Gasteiger partial charge in [0.1, 0.15) is 18.2 Å². The molecule has 0 aliphatic rings. The van der Waals surface area contributed by atoms with Crippen LogP contribution in [0, 0.1) is 6.92 Å². The van der Waals surface area contributed by atoms with Crippen molar-refractivity contribution in [3.05, 3.63) is 53.2 Å². The molecule has 0 unspecified atom stereocenters. The second kappa shape index (κ2) is 6.42. The topological polar surface area (TPSA) is 34.1 Å². The summed E-state index contributed by atoms with van der Waals surface area (Å²) in [5.74, 6) is 2.33. The number of anilines is 1. The summed E-state index contributed by atoms with van der Waals surface area (Å²) in [6.45, 7) is 7.01. The zero-order valence-corrected chi connectivity index (χ0v) is 12.6. The van der Waals surface area contributed by atoms with E-state index in [0.29, 0.717) is 12.5 Å². The molecule has 3 nitrogen and oxygen atoms in total. The van der Waals surface area contributed by atoms with E-state index in [4.69, 9.17) is 4.74 Å². The maximum atomic E-state index is 5.96. The second-order valence-electron chi connectivity index (χ2n) is 5.27. The molecule has 106 valence electrons. The number of nitrogens with zero attached hydrogens (tertiary/aromatic N) is 1. The number of ether oxygens (including phenoxy) is 1. The van der Waals surface area contributed by atoms with Gasteiger partial charge in [0, 0.05) is 13.2 Å². The van der Waals surface area contributed by atoms with Crippen molar-refractivity contribution >= 4 is 5.82 Å². The molecule has 0 saturated carbocycles. The van der Waals surface area contributed by atoms with Crippen LogP contribution in [0.25, 0.3) is 0 Å². The van der Waals surface area contributed by atoms with Crippen LogP contribution in [-0.2, 0) is 6.61 Å². The molecule has 1 aromatic heterocycles. The van der Waals surface area contributed by atoms with Gasteiger partial charge in [-0.3, -0.25) is 0 Å². The molecular weight excluding hydrogens is 248 g/mol. The van der Waals surface area contributed by atoms with E-state index in [-0.39, 0.29) is 0 Å². The number of hydrogen-bond acceptors (Lipinski definition) is 3. The van der Waals surface area contributed by atoms with E-state index in [1.54, 1.807) is 6.20 Å². The summed E-state index contributed by atoms with van der Waals surface area (Å²) >= 11 is 0. The van der Waals surface area contributed by atoms with Crippen LogP contribution in [0.2, 0.25) is 0 Å². The van der Waals surface area contributed by atoms with Crippen molar-refractivity contribution in [1.82, 2.24) is 4.98 Å². The van der Waals surface area contributed by atoms with Gasteiger partial charge in [-0.15, -0.1) is 0 Å². The van der Waals surface area contributed by atoms with Gasteiger partial charge in [0.15, 0.2) is 0 Å². The Labute approximate surface area is 121 Å². The summed E-state index contributed by atoms with van der Waals surface area (Å²) in [5.41, 5.74) is 3.58. The van der Waals surface area contributed by atoms with Gasteiger partial charge in [-0.2, -0.15) is 0 Å². The van der Waals surface area contributed by atoms with Crippen LogP contribution in [0.15, 0.2) is 36.5 Å². The fraction of sp³-hybridized carbons (Fsp3) is 0.353. The zero-order valence-electron chi connectivity index (χ0n) is 12.6. The first-order chi connectivity index (χ1) is 9.60. The third kappa shape index (κ3) is 3.50. The monoisotopic (exact) mass is 270 g/mol. The minimum absolute atomic E-state index is 0.509. The number of aromatic nitrogens is 1. The molecule has 0 aliphatic carbocycles. The maximum absolute atomic E-state index is 5.96. The lowest BCUT2D eigenvalue weighted by molar-refractivity contribution is 0.303. The van der Waals surface area contributed by atoms with E-state index in [1.807, 2.05) is 19.2 Å². The molecule has 0 bridgehead atoms. The van der Waals surface area contributed by atoms with Gasteiger partial charge in [-0.25, -0.2) is 4.98 Å². The summed E-state index contributed by atoms with van der Waals surface area (Å²) in [6, 6.07) is 10.4. The van der Waals surface area contributed by atoms with Gasteiger partial charge >= 0.3 is 0 Å². The molecule has 0 saturated heterocycles. The largest absolute Gasteiger partial charge is 0.489 e. The van der Waals surface area contributed by atoms with E-state index in [9.17, 15) is 0 Å². The minimum Gasteiger partial charge on any atom is -0.489 e. The SMILES string of the molecule is CNc1cc(COc2cc(C(C)C)ccc2C)ccn1. The summed E-state index contributed by atoms with van der Waals surface area (Å²) in [6.07, 6.45) is 1.79. The molecule has 1 N–H and O–H groups in total. The maximum Gasteiger partial charge on any atom is 0.126 e. The summed E-state index contributed by atoms with van der Waals surface area (Å²) in [4.78, 5) is 4.20. The smallest absolute Gasteiger partial charge is 0.126 e. The average molecular weight is 270 g/mol. The lowest BCUT2D eigenvalue weighted by Crippen LogP contribution is -2.00. The van der Waals surface area contributed by atoms with E-state index in [0.717, 1.165) is 22.7 Å². The van der Waals surface area contributed by atoms with Crippen LogP contribution in [0.3, 0.4) is 0 Å². The third-order valence-corrected chi connectivity index (χ3v) is 3.35. The van der Waals surface area contributed by atoms with Crippen molar-refractivity contribution in [3.63, 3.8) is 0 Å². The van der Waals surface area contributed by atoms with E-state index in [2.05, 4.69) is 49.3 Å². The highest BCUT2D eigenvalue weighted by Crippen LogP contribution is 2.25. The number of aryl methyl sites for hydroxylation is 1. The number of pyridine rings is 1. The molecule has 2 rings (SSSR count). The lowest BCUT2D eigenvalue weighted by Gasteiger charge is -2.13. The lowest BCUT2D eigenvalue weighted by atomic mass is 10.0. The predicted octanol–water partition coefficient (Wildman–Crippen LogP) is 4.13. The molecule has 20 heavy (non-hydrogen) atoms. The summed E-state index contributed by atoms with van der Waals surface area (Å²) in [5, 5.41) is 3.03. The molecule has 2 aromatic rings. The number of benzene rings is 1. The second-order valence-corrected chi connectivity index (χ2v) is 5.27. The Morgan fingerprint density at radius 2 is 2.00 bits per heavy atom. The Morgan fingerprint density at radius 3 is 2.70 bits per heavy atom. The highest BCUT2D eigenvalue weighted by atomic mass is 16.5. The molecule has 1 aromatic carbocycles. The third-order valence-electron chi connectivity index (χ3n) is 3.35. The first-order valence-corrected chi connectivity index (χ1v) is 6.96. The Bertz CT molecular complexity index is 579. The van der Waals surface area contributed by atoms with Gasteiger partial charge in [0.05, 0.1) is 0 Å². The Morgan fingerprint density at radius 1 is 1.20 bits per heavy atom. The Hall–Kier alpha value is -2.03. The van der Waals surface area contributed by atoms with Gasteiger partial charge in [0.2, 0.25) is 0 Å². The molecule has 0 amide bonds. The van der Waals surface area contributed by atoms with Crippen LogP contribution in [0.1, 0.15) is 36.5 Å². The van der Waals surface area contributed by atoms with Gasteiger partial charge in [-0.05, 0) is 47.7 Å². The van der Waals surface area contributed by atoms with Crippen molar-refractivity contribution in [2.75, 3.05) is 12.4 Å². The number of rotatable bonds is 5. The molecule has 0 radical (unpaired) electrons. The molecule has 0 aliphatic heterocycles. The van der Waals surface area contributed by atoms with Crippen LogP contribution >= 0.6 is 0 Å². The molecule has 3 heteroatoms. The number of hydrogen-bond donors (Lipinski definition) is 1. The predicted molar refractivity (Wildman–Crippen MR) is 83.4 cm³/mol.